The summed E-state index contributed by atoms with van der Waals surface area (Å²) in [7, 11) is 1.78. The van der Waals surface area contributed by atoms with Crippen molar-refractivity contribution in [2.24, 2.45) is 0 Å². The van der Waals surface area contributed by atoms with E-state index in [1.54, 1.807) is 42.3 Å². The Labute approximate surface area is 161 Å². The van der Waals surface area contributed by atoms with Crippen LogP contribution in [0.5, 0.6) is 0 Å². The van der Waals surface area contributed by atoms with Crippen LogP contribution in [0.15, 0.2) is 46.9 Å². The molecule has 0 spiro atoms. The molecule has 25 heavy (non-hydrogen) atoms. The molecule has 4 nitrogen and oxygen atoms in total. The number of benzene rings is 2. The van der Waals surface area contributed by atoms with Crippen molar-refractivity contribution in [2.75, 3.05) is 7.05 Å². The van der Waals surface area contributed by atoms with Gasteiger partial charge in [-0.2, -0.15) is 0 Å². The summed E-state index contributed by atoms with van der Waals surface area (Å²) in [5, 5.41) is 3.22. The standard InChI is InChI=1S/C19H20BrClN2O2/c1-12(2)23(3)19(25)14-6-4-13(5-7-14)11-22-18(24)16-9-8-15(20)10-17(16)21/h4-10,12H,11H2,1-3H3,(H,22,24). The van der Waals surface area contributed by atoms with Gasteiger partial charge in [0.1, 0.15) is 0 Å². The maximum Gasteiger partial charge on any atom is 0.253 e. The average molecular weight is 424 g/mol. The number of halogens is 2. The molecule has 0 aliphatic heterocycles. The zero-order valence-electron chi connectivity index (χ0n) is 14.3. The van der Waals surface area contributed by atoms with Crippen molar-refractivity contribution >= 4 is 39.3 Å². The number of nitrogens with zero attached hydrogens (tertiary/aromatic N) is 1. The summed E-state index contributed by atoms with van der Waals surface area (Å²) < 4.78 is 0.820. The molecule has 2 aromatic rings. The van der Waals surface area contributed by atoms with E-state index in [9.17, 15) is 9.59 Å². The lowest BCUT2D eigenvalue weighted by Gasteiger charge is -2.21. The molecule has 2 amide bonds. The highest BCUT2D eigenvalue weighted by Crippen LogP contribution is 2.21. The molecule has 0 unspecified atom stereocenters. The Balaban J connectivity index is 2.00. The van der Waals surface area contributed by atoms with Crippen LogP contribution in [0, 0.1) is 0 Å². The van der Waals surface area contributed by atoms with Crippen molar-refractivity contribution in [2.45, 2.75) is 26.4 Å². The van der Waals surface area contributed by atoms with Gasteiger partial charge in [0.25, 0.3) is 11.8 Å². The van der Waals surface area contributed by atoms with E-state index in [-0.39, 0.29) is 17.9 Å². The third-order valence-electron chi connectivity index (χ3n) is 3.92. The van der Waals surface area contributed by atoms with Crippen molar-refractivity contribution in [3.63, 3.8) is 0 Å². The van der Waals surface area contributed by atoms with Crippen LogP contribution in [-0.4, -0.2) is 29.8 Å². The maximum absolute atomic E-state index is 12.3. The van der Waals surface area contributed by atoms with E-state index in [2.05, 4.69) is 21.2 Å². The lowest BCUT2D eigenvalue weighted by Crippen LogP contribution is -2.32. The Morgan fingerprint density at radius 3 is 2.36 bits per heavy atom. The second-order valence-electron chi connectivity index (χ2n) is 6.01. The number of carbonyl (C=O) groups is 2. The maximum atomic E-state index is 12.3. The van der Waals surface area contributed by atoms with Crippen LogP contribution in [0.25, 0.3) is 0 Å². The minimum atomic E-state index is -0.239. The van der Waals surface area contributed by atoms with Gasteiger partial charge in [0.15, 0.2) is 0 Å². The van der Waals surface area contributed by atoms with Gasteiger partial charge in [-0.1, -0.05) is 39.7 Å². The number of hydrogen-bond acceptors (Lipinski definition) is 2. The van der Waals surface area contributed by atoms with Gasteiger partial charge >= 0.3 is 0 Å². The molecule has 0 fully saturated rings. The molecule has 0 aromatic heterocycles. The van der Waals surface area contributed by atoms with Crippen molar-refractivity contribution in [3.8, 4) is 0 Å². The Morgan fingerprint density at radius 2 is 1.80 bits per heavy atom. The first-order valence-electron chi connectivity index (χ1n) is 7.89. The van der Waals surface area contributed by atoms with Crippen LogP contribution in [-0.2, 0) is 6.54 Å². The van der Waals surface area contributed by atoms with E-state index in [1.165, 1.54) is 0 Å². The first-order chi connectivity index (χ1) is 11.8. The van der Waals surface area contributed by atoms with E-state index >= 15 is 0 Å². The fourth-order valence-corrected chi connectivity index (χ4v) is 2.91. The Bertz CT molecular complexity index is 775. The monoisotopic (exact) mass is 422 g/mol. The zero-order valence-corrected chi connectivity index (χ0v) is 16.7. The van der Waals surface area contributed by atoms with Gasteiger partial charge in [-0.15, -0.1) is 0 Å². The predicted molar refractivity (Wildman–Crippen MR) is 104 cm³/mol. The third kappa shape index (κ3) is 5.06. The predicted octanol–water partition coefficient (Wildman–Crippen LogP) is 4.51. The lowest BCUT2D eigenvalue weighted by molar-refractivity contribution is 0.0754. The minimum absolute atomic E-state index is 0.0211. The van der Waals surface area contributed by atoms with E-state index in [4.69, 9.17) is 11.6 Å². The first kappa shape index (κ1) is 19.5. The molecule has 6 heteroatoms. The summed E-state index contributed by atoms with van der Waals surface area (Å²) in [5.41, 5.74) is 1.96. The lowest BCUT2D eigenvalue weighted by atomic mass is 10.1. The highest BCUT2D eigenvalue weighted by molar-refractivity contribution is 9.10. The summed E-state index contributed by atoms with van der Waals surface area (Å²) in [6.07, 6.45) is 0. The quantitative estimate of drug-likeness (QED) is 0.769. The van der Waals surface area contributed by atoms with E-state index in [1.807, 2.05) is 26.0 Å². The molecule has 0 saturated heterocycles. The van der Waals surface area contributed by atoms with Crippen LogP contribution >= 0.6 is 27.5 Å². The van der Waals surface area contributed by atoms with E-state index in [0.29, 0.717) is 22.7 Å². The van der Waals surface area contributed by atoms with Crippen molar-refractivity contribution in [1.29, 1.82) is 0 Å². The number of nitrogens with one attached hydrogen (secondary N) is 1. The summed E-state index contributed by atoms with van der Waals surface area (Å²) >= 11 is 9.40. The minimum Gasteiger partial charge on any atom is -0.348 e. The molecule has 0 atom stereocenters. The highest BCUT2D eigenvalue weighted by Gasteiger charge is 2.14. The normalized spacial score (nSPS) is 10.6. The zero-order chi connectivity index (χ0) is 18.6. The van der Waals surface area contributed by atoms with E-state index in [0.717, 1.165) is 10.0 Å². The second kappa shape index (κ2) is 8.50. The van der Waals surface area contributed by atoms with Gasteiger partial charge in [-0.25, -0.2) is 0 Å². The van der Waals surface area contributed by atoms with Crippen molar-refractivity contribution in [1.82, 2.24) is 10.2 Å². The van der Waals surface area contributed by atoms with Gasteiger partial charge in [0, 0.05) is 29.7 Å². The largest absolute Gasteiger partial charge is 0.348 e. The highest BCUT2D eigenvalue weighted by atomic mass is 79.9. The molecule has 0 aliphatic carbocycles. The smallest absolute Gasteiger partial charge is 0.253 e. The van der Waals surface area contributed by atoms with Gasteiger partial charge in [-0.05, 0) is 49.7 Å². The van der Waals surface area contributed by atoms with Gasteiger partial charge in [0.05, 0.1) is 10.6 Å². The van der Waals surface area contributed by atoms with Crippen LogP contribution in [0.3, 0.4) is 0 Å². The Morgan fingerprint density at radius 1 is 1.16 bits per heavy atom. The molecule has 0 heterocycles. The summed E-state index contributed by atoms with van der Waals surface area (Å²) in [4.78, 5) is 26.2. The van der Waals surface area contributed by atoms with Crippen LogP contribution < -0.4 is 5.32 Å². The number of hydrogen-bond donors (Lipinski definition) is 1. The molecule has 2 rings (SSSR count). The number of rotatable bonds is 5. The molecule has 1 N–H and O–H groups in total. The van der Waals surface area contributed by atoms with Crippen LogP contribution in [0.2, 0.25) is 5.02 Å². The van der Waals surface area contributed by atoms with Crippen molar-refractivity contribution < 1.29 is 9.59 Å². The third-order valence-corrected chi connectivity index (χ3v) is 4.73. The van der Waals surface area contributed by atoms with Gasteiger partial charge in [0.2, 0.25) is 0 Å². The number of amides is 2. The second-order valence-corrected chi connectivity index (χ2v) is 7.34. The molecule has 0 bridgehead atoms. The molecule has 2 aromatic carbocycles. The first-order valence-corrected chi connectivity index (χ1v) is 9.06. The van der Waals surface area contributed by atoms with Crippen LogP contribution in [0.4, 0.5) is 0 Å². The molecule has 0 saturated carbocycles. The average Bonchev–Trinajstić information content (AvgIpc) is 2.58. The molecule has 132 valence electrons. The molecular weight excluding hydrogens is 404 g/mol. The van der Waals surface area contributed by atoms with Crippen LogP contribution in [0.1, 0.15) is 40.1 Å². The van der Waals surface area contributed by atoms with Crippen molar-refractivity contribution in [3.05, 3.63) is 68.7 Å². The van der Waals surface area contributed by atoms with E-state index < -0.39 is 0 Å². The van der Waals surface area contributed by atoms with Gasteiger partial charge < -0.3 is 10.2 Å². The summed E-state index contributed by atoms with van der Waals surface area (Å²) in [6, 6.07) is 12.5. The molecule has 0 aliphatic rings. The Kier molecular flexibility index (Phi) is 6.62. The van der Waals surface area contributed by atoms with Gasteiger partial charge in [-0.3, -0.25) is 9.59 Å². The topological polar surface area (TPSA) is 49.4 Å². The summed E-state index contributed by atoms with van der Waals surface area (Å²) in [6.45, 7) is 4.30. The fourth-order valence-electron chi connectivity index (χ4n) is 2.15. The molecule has 0 radical (unpaired) electrons. The fraction of sp³-hybridized carbons (Fsp3) is 0.263. The number of carbonyl (C=O) groups excluding carboxylic acids is 2. The Hall–Kier alpha value is -1.85. The summed E-state index contributed by atoms with van der Waals surface area (Å²) in [5.74, 6) is -0.260. The molecular formula is C19H20BrClN2O2. The SMILES string of the molecule is CC(C)N(C)C(=O)c1ccc(CNC(=O)c2ccc(Br)cc2Cl)cc1.